The first-order chi connectivity index (χ1) is 11.8. The maximum absolute atomic E-state index is 6.34. The van der Waals surface area contributed by atoms with Crippen LogP contribution >= 0.6 is 11.6 Å². The molecule has 0 N–H and O–H groups in total. The molecule has 0 bridgehead atoms. The Bertz CT molecular complexity index is 785. The lowest BCUT2D eigenvalue weighted by Gasteiger charge is -2.15. The van der Waals surface area contributed by atoms with Gasteiger partial charge < -0.3 is 9.31 Å². The summed E-state index contributed by atoms with van der Waals surface area (Å²) in [5.41, 5.74) is 2.28. The predicted molar refractivity (Wildman–Crippen MR) is 90.8 cm³/mol. The third-order valence-corrected chi connectivity index (χ3v) is 3.83. The topological polar surface area (TPSA) is 70.0 Å². The molecular formula is C16H12BClN4O2. The van der Waals surface area contributed by atoms with E-state index >= 15 is 0 Å². The second kappa shape index (κ2) is 6.64. The van der Waals surface area contributed by atoms with E-state index in [1.807, 2.05) is 12.1 Å². The summed E-state index contributed by atoms with van der Waals surface area (Å²) in [7, 11) is -0.528. The van der Waals surface area contributed by atoms with Crippen molar-refractivity contribution in [3.63, 3.8) is 0 Å². The zero-order valence-corrected chi connectivity index (χ0v) is 13.3. The van der Waals surface area contributed by atoms with E-state index in [0.717, 1.165) is 16.6 Å². The van der Waals surface area contributed by atoms with Crippen molar-refractivity contribution in [1.82, 2.24) is 19.9 Å². The van der Waals surface area contributed by atoms with Crippen LogP contribution in [0.15, 0.2) is 49.1 Å². The Morgan fingerprint density at radius 2 is 1.25 bits per heavy atom. The van der Waals surface area contributed by atoms with Gasteiger partial charge in [-0.05, 0) is 24.3 Å². The molecule has 1 aliphatic heterocycles. The lowest BCUT2D eigenvalue weighted by molar-refractivity contribution is 0.365. The summed E-state index contributed by atoms with van der Waals surface area (Å²) in [5.74, 6) is 1.09. The van der Waals surface area contributed by atoms with Crippen molar-refractivity contribution in [3.05, 3.63) is 54.1 Å². The number of rotatable bonds is 3. The highest BCUT2D eigenvalue weighted by Crippen LogP contribution is 2.26. The fourth-order valence-corrected chi connectivity index (χ4v) is 2.86. The zero-order chi connectivity index (χ0) is 16.4. The first kappa shape index (κ1) is 15.2. The minimum atomic E-state index is -0.528. The quantitative estimate of drug-likeness (QED) is 0.680. The molecule has 0 radical (unpaired) electrons. The molecular weight excluding hydrogens is 326 g/mol. The van der Waals surface area contributed by atoms with Gasteiger partial charge in [-0.1, -0.05) is 11.6 Å². The van der Waals surface area contributed by atoms with Crippen molar-refractivity contribution < 1.29 is 9.31 Å². The third-order valence-electron chi connectivity index (χ3n) is 3.62. The van der Waals surface area contributed by atoms with Crippen LogP contribution in [0.1, 0.15) is 0 Å². The lowest BCUT2D eigenvalue weighted by atomic mass is 9.72. The van der Waals surface area contributed by atoms with E-state index in [2.05, 4.69) is 19.9 Å². The smallest absolute Gasteiger partial charge is 0.405 e. The molecule has 0 spiro atoms. The van der Waals surface area contributed by atoms with Gasteiger partial charge in [0.15, 0.2) is 11.6 Å². The number of nitrogens with zero attached hydrogens (tertiary/aromatic N) is 4. The summed E-state index contributed by atoms with van der Waals surface area (Å²) in [5, 5.41) is 0.543. The first-order valence-electron chi connectivity index (χ1n) is 7.44. The van der Waals surface area contributed by atoms with Crippen molar-refractivity contribution in [1.29, 1.82) is 0 Å². The highest BCUT2D eigenvalue weighted by molar-refractivity contribution is 6.65. The van der Waals surface area contributed by atoms with Crippen molar-refractivity contribution in [2.75, 3.05) is 13.2 Å². The van der Waals surface area contributed by atoms with E-state index < -0.39 is 7.12 Å². The maximum Gasteiger partial charge on any atom is 0.495 e. The second-order valence-corrected chi connectivity index (χ2v) is 5.57. The molecule has 1 aliphatic rings. The van der Waals surface area contributed by atoms with Crippen LogP contribution in [0.25, 0.3) is 22.8 Å². The summed E-state index contributed by atoms with van der Waals surface area (Å²) in [6.07, 6.45) is 6.73. The molecule has 0 atom stereocenters. The SMILES string of the molecule is Clc1cc(-c2ncccn2)c(B2OCCO2)c(-c2ncccn2)c1. The minimum absolute atomic E-state index is 0.525. The van der Waals surface area contributed by atoms with Gasteiger partial charge in [0, 0.05) is 46.4 Å². The summed E-state index contributed by atoms with van der Waals surface area (Å²) >= 11 is 6.34. The normalized spacial score (nSPS) is 14.1. The molecule has 0 saturated carbocycles. The highest BCUT2D eigenvalue weighted by atomic mass is 35.5. The Morgan fingerprint density at radius 3 is 1.71 bits per heavy atom. The average Bonchev–Trinajstić information content (AvgIpc) is 3.17. The van der Waals surface area contributed by atoms with Gasteiger partial charge in [0.1, 0.15) is 0 Å². The Kier molecular flexibility index (Phi) is 4.21. The van der Waals surface area contributed by atoms with Crippen LogP contribution in [-0.2, 0) is 9.31 Å². The van der Waals surface area contributed by atoms with Gasteiger partial charge in [0.05, 0.1) is 13.2 Å². The van der Waals surface area contributed by atoms with Crippen LogP contribution < -0.4 is 5.46 Å². The lowest BCUT2D eigenvalue weighted by Crippen LogP contribution is -2.35. The van der Waals surface area contributed by atoms with E-state index in [1.165, 1.54) is 0 Å². The molecule has 0 amide bonds. The van der Waals surface area contributed by atoms with Gasteiger partial charge in [-0.25, -0.2) is 19.9 Å². The van der Waals surface area contributed by atoms with Crippen LogP contribution in [0.3, 0.4) is 0 Å². The number of hydrogen-bond acceptors (Lipinski definition) is 6. The first-order valence-corrected chi connectivity index (χ1v) is 7.82. The van der Waals surface area contributed by atoms with Gasteiger partial charge in [-0.3, -0.25) is 0 Å². The van der Waals surface area contributed by atoms with Crippen molar-refractivity contribution in [2.45, 2.75) is 0 Å². The van der Waals surface area contributed by atoms with Crippen LogP contribution in [0.2, 0.25) is 5.02 Å². The van der Waals surface area contributed by atoms with Gasteiger partial charge in [0.25, 0.3) is 0 Å². The summed E-state index contributed by atoms with van der Waals surface area (Å²) in [6.45, 7) is 1.05. The van der Waals surface area contributed by atoms with Crippen LogP contribution in [0, 0.1) is 0 Å². The maximum atomic E-state index is 6.34. The molecule has 3 heterocycles. The molecule has 6 nitrogen and oxygen atoms in total. The average molecular weight is 339 g/mol. The molecule has 8 heteroatoms. The summed E-state index contributed by atoms with van der Waals surface area (Å²) in [4.78, 5) is 17.3. The summed E-state index contributed by atoms with van der Waals surface area (Å²) < 4.78 is 11.5. The fourth-order valence-electron chi connectivity index (χ4n) is 2.64. The molecule has 118 valence electrons. The standard InChI is InChI=1S/C16H12BClN4O2/c18-11-9-12(15-19-3-1-4-20-15)14(17-23-7-8-24-17)13(10-11)16-21-5-2-6-22-16/h1-6,9-10H,7-8H2. The molecule has 1 fully saturated rings. The molecule has 4 rings (SSSR count). The second-order valence-electron chi connectivity index (χ2n) is 5.13. The predicted octanol–water partition coefficient (Wildman–Crippen LogP) is 2.00. The monoisotopic (exact) mass is 338 g/mol. The third kappa shape index (κ3) is 2.89. The molecule has 0 aliphatic carbocycles. The Labute approximate surface area is 144 Å². The fraction of sp³-hybridized carbons (Fsp3) is 0.125. The van der Waals surface area contributed by atoms with E-state index in [0.29, 0.717) is 29.9 Å². The molecule has 1 saturated heterocycles. The van der Waals surface area contributed by atoms with Gasteiger partial charge in [-0.15, -0.1) is 0 Å². The molecule has 0 unspecified atom stereocenters. The van der Waals surface area contributed by atoms with E-state index in [4.69, 9.17) is 20.9 Å². The van der Waals surface area contributed by atoms with E-state index in [-0.39, 0.29) is 0 Å². The van der Waals surface area contributed by atoms with Crippen LogP contribution in [-0.4, -0.2) is 40.3 Å². The van der Waals surface area contributed by atoms with E-state index in [9.17, 15) is 0 Å². The number of aromatic nitrogens is 4. The Hall–Kier alpha value is -2.35. The van der Waals surface area contributed by atoms with Crippen LogP contribution in [0.4, 0.5) is 0 Å². The molecule has 24 heavy (non-hydrogen) atoms. The van der Waals surface area contributed by atoms with Crippen LogP contribution in [0.5, 0.6) is 0 Å². The van der Waals surface area contributed by atoms with Gasteiger partial charge in [0.2, 0.25) is 0 Å². The van der Waals surface area contributed by atoms with Crippen molar-refractivity contribution in [2.24, 2.45) is 0 Å². The number of benzene rings is 1. The number of halogens is 1. The van der Waals surface area contributed by atoms with Crippen molar-refractivity contribution in [3.8, 4) is 22.8 Å². The minimum Gasteiger partial charge on any atom is -0.405 e. The van der Waals surface area contributed by atoms with Crippen molar-refractivity contribution >= 4 is 24.2 Å². The molecule has 2 aromatic heterocycles. The zero-order valence-electron chi connectivity index (χ0n) is 12.6. The Balaban J connectivity index is 1.97. The number of hydrogen-bond donors (Lipinski definition) is 0. The van der Waals surface area contributed by atoms with Gasteiger partial charge in [-0.2, -0.15) is 0 Å². The largest absolute Gasteiger partial charge is 0.495 e. The van der Waals surface area contributed by atoms with E-state index in [1.54, 1.807) is 36.9 Å². The van der Waals surface area contributed by atoms with Gasteiger partial charge >= 0.3 is 7.12 Å². The Morgan fingerprint density at radius 1 is 0.792 bits per heavy atom. The highest BCUT2D eigenvalue weighted by Gasteiger charge is 2.33. The summed E-state index contributed by atoms with van der Waals surface area (Å²) in [6, 6.07) is 7.14. The molecule has 3 aromatic rings. The molecule has 1 aromatic carbocycles.